The molecule has 0 radical (unpaired) electrons. The fourth-order valence-corrected chi connectivity index (χ4v) is 1.75. The van der Waals surface area contributed by atoms with E-state index in [0.717, 1.165) is 11.3 Å². The van der Waals surface area contributed by atoms with Gasteiger partial charge in [-0.1, -0.05) is 26.0 Å². The maximum absolute atomic E-state index is 11.9. The van der Waals surface area contributed by atoms with Crippen molar-refractivity contribution in [1.29, 1.82) is 5.26 Å². The Balaban J connectivity index is 2.63. The van der Waals surface area contributed by atoms with Crippen LogP contribution in [0.3, 0.4) is 0 Å². The molecule has 0 aromatic heterocycles. The number of hydrogen-bond donors (Lipinski definition) is 1. The van der Waals surface area contributed by atoms with E-state index >= 15 is 0 Å². The summed E-state index contributed by atoms with van der Waals surface area (Å²) >= 11 is 0. The summed E-state index contributed by atoms with van der Waals surface area (Å²) in [4.78, 5) is 11.9. The van der Waals surface area contributed by atoms with Crippen molar-refractivity contribution in [2.24, 2.45) is 5.92 Å². The molecule has 1 aromatic carbocycles. The second-order valence-corrected chi connectivity index (χ2v) is 5.55. The second kappa shape index (κ2) is 10.4. The Morgan fingerprint density at radius 2 is 2.04 bits per heavy atom. The van der Waals surface area contributed by atoms with E-state index in [1.54, 1.807) is 13.2 Å². The predicted octanol–water partition coefficient (Wildman–Crippen LogP) is 2.78. The van der Waals surface area contributed by atoms with Crippen molar-refractivity contribution in [3.05, 3.63) is 35.4 Å². The van der Waals surface area contributed by atoms with Gasteiger partial charge in [0, 0.05) is 20.3 Å². The van der Waals surface area contributed by atoms with Gasteiger partial charge in [0.1, 0.15) is 17.4 Å². The van der Waals surface area contributed by atoms with Crippen LogP contribution < -0.4 is 10.1 Å². The molecule has 0 aliphatic carbocycles. The molecule has 1 rings (SSSR count). The van der Waals surface area contributed by atoms with Crippen LogP contribution in [0.15, 0.2) is 29.8 Å². The standard InChI is InChI=1S/C18H24N2O3/c1-14(2)13-23-17-7-5-15(6-8-17)11-16(12-19)18(21)20-9-4-10-22-3/h5-8,11,14H,4,9-10,13H2,1-3H3,(H,20,21)/b16-11+. The quantitative estimate of drug-likeness (QED) is 0.432. The van der Waals surface area contributed by atoms with E-state index < -0.39 is 0 Å². The first kappa shape index (κ1) is 18.7. The number of nitrogens with one attached hydrogen (secondary N) is 1. The Bertz CT molecular complexity index is 557. The second-order valence-electron chi connectivity index (χ2n) is 5.55. The average molecular weight is 316 g/mol. The Morgan fingerprint density at radius 1 is 1.35 bits per heavy atom. The highest BCUT2D eigenvalue weighted by Gasteiger charge is 2.08. The molecule has 1 aromatic rings. The molecule has 0 aliphatic rings. The van der Waals surface area contributed by atoms with Gasteiger partial charge in [0.15, 0.2) is 0 Å². The first-order valence-electron chi connectivity index (χ1n) is 7.68. The van der Waals surface area contributed by atoms with Crippen LogP contribution in [-0.2, 0) is 9.53 Å². The molecule has 5 nitrogen and oxygen atoms in total. The van der Waals surface area contributed by atoms with E-state index in [1.807, 2.05) is 30.3 Å². The molecule has 0 saturated carbocycles. The van der Waals surface area contributed by atoms with Gasteiger partial charge in [-0.05, 0) is 36.1 Å². The van der Waals surface area contributed by atoms with Gasteiger partial charge in [-0.25, -0.2) is 0 Å². The van der Waals surface area contributed by atoms with Crippen LogP contribution in [0.4, 0.5) is 0 Å². The summed E-state index contributed by atoms with van der Waals surface area (Å²) in [6.45, 7) is 5.88. The van der Waals surface area contributed by atoms with Gasteiger partial charge in [-0.2, -0.15) is 5.26 Å². The smallest absolute Gasteiger partial charge is 0.261 e. The minimum Gasteiger partial charge on any atom is -0.493 e. The van der Waals surface area contributed by atoms with Gasteiger partial charge in [0.2, 0.25) is 0 Å². The number of nitriles is 1. The first-order valence-corrected chi connectivity index (χ1v) is 7.68. The summed E-state index contributed by atoms with van der Waals surface area (Å²) in [6.07, 6.45) is 2.28. The molecule has 0 heterocycles. The van der Waals surface area contributed by atoms with Crippen LogP contribution in [0.1, 0.15) is 25.8 Å². The minimum absolute atomic E-state index is 0.0817. The van der Waals surface area contributed by atoms with E-state index in [1.165, 1.54) is 0 Å². The van der Waals surface area contributed by atoms with E-state index in [0.29, 0.717) is 32.1 Å². The molecule has 5 heteroatoms. The van der Waals surface area contributed by atoms with Crippen LogP contribution in [-0.4, -0.2) is 32.8 Å². The zero-order chi connectivity index (χ0) is 17.1. The fraction of sp³-hybridized carbons (Fsp3) is 0.444. The molecule has 0 saturated heterocycles. The molecule has 0 bridgehead atoms. The summed E-state index contributed by atoms with van der Waals surface area (Å²) in [5.41, 5.74) is 0.865. The number of amides is 1. The molecule has 23 heavy (non-hydrogen) atoms. The molecular weight excluding hydrogens is 292 g/mol. The lowest BCUT2D eigenvalue weighted by atomic mass is 10.1. The lowest BCUT2D eigenvalue weighted by Gasteiger charge is -2.08. The first-order chi connectivity index (χ1) is 11.1. The number of nitrogens with zero attached hydrogens (tertiary/aromatic N) is 1. The zero-order valence-electron chi connectivity index (χ0n) is 14.0. The number of rotatable bonds is 9. The summed E-state index contributed by atoms with van der Waals surface area (Å²) in [7, 11) is 1.61. The maximum atomic E-state index is 11.9. The van der Waals surface area contributed by atoms with E-state index in [-0.39, 0.29) is 11.5 Å². The van der Waals surface area contributed by atoms with E-state index in [4.69, 9.17) is 14.7 Å². The Morgan fingerprint density at radius 3 is 2.61 bits per heavy atom. The number of carbonyl (C=O) groups excluding carboxylic acids is 1. The van der Waals surface area contributed by atoms with Crippen molar-refractivity contribution in [3.8, 4) is 11.8 Å². The van der Waals surface area contributed by atoms with Gasteiger partial charge < -0.3 is 14.8 Å². The van der Waals surface area contributed by atoms with Crippen LogP contribution >= 0.6 is 0 Å². The number of benzene rings is 1. The van der Waals surface area contributed by atoms with Crippen LogP contribution in [0.5, 0.6) is 5.75 Å². The lowest BCUT2D eigenvalue weighted by molar-refractivity contribution is -0.117. The van der Waals surface area contributed by atoms with Crippen molar-refractivity contribution in [3.63, 3.8) is 0 Å². The largest absolute Gasteiger partial charge is 0.493 e. The van der Waals surface area contributed by atoms with Gasteiger partial charge in [0.25, 0.3) is 5.91 Å². The SMILES string of the molecule is COCCCNC(=O)/C(C#N)=C/c1ccc(OCC(C)C)cc1. The predicted molar refractivity (Wildman–Crippen MR) is 89.9 cm³/mol. The summed E-state index contributed by atoms with van der Waals surface area (Å²) in [5.74, 6) is 0.865. The summed E-state index contributed by atoms with van der Waals surface area (Å²) in [6, 6.07) is 9.25. The normalized spacial score (nSPS) is 11.2. The molecule has 0 aliphatic heterocycles. The third kappa shape index (κ3) is 7.48. The van der Waals surface area contributed by atoms with Crippen molar-refractivity contribution >= 4 is 12.0 Å². The molecule has 0 unspecified atom stereocenters. The Kier molecular flexibility index (Phi) is 8.48. The van der Waals surface area contributed by atoms with Crippen molar-refractivity contribution in [2.75, 3.05) is 26.9 Å². The molecule has 0 fully saturated rings. The highest BCUT2D eigenvalue weighted by molar-refractivity contribution is 6.01. The minimum atomic E-state index is -0.372. The zero-order valence-corrected chi connectivity index (χ0v) is 14.0. The van der Waals surface area contributed by atoms with Crippen LogP contribution in [0.25, 0.3) is 6.08 Å². The molecule has 1 amide bonds. The Labute approximate surface area is 137 Å². The van der Waals surface area contributed by atoms with E-state index in [9.17, 15) is 4.79 Å². The number of hydrogen-bond acceptors (Lipinski definition) is 4. The van der Waals surface area contributed by atoms with Gasteiger partial charge in [0.05, 0.1) is 6.61 Å². The van der Waals surface area contributed by atoms with Crippen molar-refractivity contribution in [1.82, 2.24) is 5.32 Å². The third-order valence-electron chi connectivity index (χ3n) is 2.95. The fourth-order valence-electron chi connectivity index (χ4n) is 1.75. The summed E-state index contributed by atoms with van der Waals surface area (Å²) < 4.78 is 10.5. The Hall–Kier alpha value is -2.32. The number of methoxy groups -OCH3 is 1. The maximum Gasteiger partial charge on any atom is 0.261 e. The van der Waals surface area contributed by atoms with Crippen LogP contribution in [0, 0.1) is 17.2 Å². The van der Waals surface area contributed by atoms with Gasteiger partial charge in [-0.3, -0.25) is 4.79 Å². The van der Waals surface area contributed by atoms with Crippen LogP contribution in [0.2, 0.25) is 0 Å². The highest BCUT2D eigenvalue weighted by atomic mass is 16.5. The molecular formula is C18H24N2O3. The topological polar surface area (TPSA) is 71.3 Å². The number of ether oxygens (including phenoxy) is 2. The summed E-state index contributed by atoms with van der Waals surface area (Å²) in [5, 5.41) is 11.8. The molecule has 0 atom stereocenters. The van der Waals surface area contributed by atoms with Gasteiger partial charge >= 0.3 is 0 Å². The highest BCUT2D eigenvalue weighted by Crippen LogP contribution is 2.15. The number of carbonyl (C=O) groups is 1. The van der Waals surface area contributed by atoms with E-state index in [2.05, 4.69) is 19.2 Å². The average Bonchev–Trinajstić information content (AvgIpc) is 2.55. The monoisotopic (exact) mass is 316 g/mol. The third-order valence-corrected chi connectivity index (χ3v) is 2.95. The van der Waals surface area contributed by atoms with Gasteiger partial charge in [-0.15, -0.1) is 0 Å². The van der Waals surface area contributed by atoms with Crippen molar-refractivity contribution in [2.45, 2.75) is 20.3 Å². The lowest BCUT2D eigenvalue weighted by Crippen LogP contribution is -2.26. The molecule has 0 spiro atoms. The molecule has 124 valence electrons. The van der Waals surface area contributed by atoms with Crippen molar-refractivity contribution < 1.29 is 14.3 Å². The molecule has 1 N–H and O–H groups in total.